The van der Waals surface area contributed by atoms with Gasteiger partial charge in [0.05, 0.1) is 34.2 Å². The fraction of sp³-hybridized carbons (Fsp3) is 0.703. The minimum atomic E-state index is -1.46. The molecule has 276 valence electrons. The van der Waals surface area contributed by atoms with Crippen molar-refractivity contribution in [3.05, 3.63) is 35.9 Å². The summed E-state index contributed by atoms with van der Waals surface area (Å²) >= 11 is 0. The number of carbonyl (C=O) groups excluding carboxylic acids is 5. The van der Waals surface area contributed by atoms with Gasteiger partial charge in [0.1, 0.15) is 19.3 Å². The number of ether oxygens (including phenoxy) is 7. The molecule has 1 aromatic carbocycles. The summed E-state index contributed by atoms with van der Waals surface area (Å²) in [4.78, 5) is 65.7. The van der Waals surface area contributed by atoms with Gasteiger partial charge >= 0.3 is 29.8 Å². The van der Waals surface area contributed by atoms with Gasteiger partial charge in [-0.15, -0.1) is 0 Å². The molecule has 1 aliphatic rings. The van der Waals surface area contributed by atoms with Gasteiger partial charge in [-0.2, -0.15) is 0 Å². The fourth-order valence-corrected chi connectivity index (χ4v) is 4.11. The summed E-state index contributed by atoms with van der Waals surface area (Å²) in [5.74, 6) is -3.15. The lowest BCUT2D eigenvalue weighted by Gasteiger charge is -2.46. The van der Waals surface area contributed by atoms with E-state index in [0.29, 0.717) is 0 Å². The largest absolute Gasteiger partial charge is 0.462 e. The van der Waals surface area contributed by atoms with Gasteiger partial charge in [0.25, 0.3) is 0 Å². The van der Waals surface area contributed by atoms with E-state index >= 15 is 0 Å². The average Bonchev–Trinajstić information content (AvgIpc) is 2.96. The molecule has 0 saturated carbocycles. The number of benzene rings is 1. The molecule has 12 heteroatoms. The Morgan fingerprint density at radius 2 is 1.08 bits per heavy atom. The van der Waals surface area contributed by atoms with Crippen molar-refractivity contribution in [2.45, 2.75) is 140 Å². The summed E-state index contributed by atoms with van der Waals surface area (Å²) in [6, 6.07) is 9.17. The van der Waals surface area contributed by atoms with Crippen LogP contribution in [0.2, 0.25) is 0 Å². The Balaban J connectivity index is 2.56. The highest BCUT2D eigenvalue weighted by atomic mass is 16.7. The molecular formula is C37H56O12. The van der Waals surface area contributed by atoms with Gasteiger partial charge in [0.15, 0.2) is 24.6 Å². The third-order valence-electron chi connectivity index (χ3n) is 7.21. The Labute approximate surface area is 290 Å². The molecule has 0 bridgehead atoms. The van der Waals surface area contributed by atoms with Crippen LogP contribution < -0.4 is 0 Å². The first-order valence-electron chi connectivity index (χ1n) is 16.6. The van der Waals surface area contributed by atoms with Gasteiger partial charge in [0, 0.05) is 0 Å². The summed E-state index contributed by atoms with van der Waals surface area (Å²) in [6.45, 7) is 21.0. The molecule has 12 nitrogen and oxygen atoms in total. The van der Waals surface area contributed by atoms with Crippen molar-refractivity contribution in [3.8, 4) is 0 Å². The second-order valence-electron chi connectivity index (χ2n) is 16.5. The van der Waals surface area contributed by atoms with E-state index < -0.39 is 94.9 Å². The zero-order valence-corrected chi connectivity index (χ0v) is 31.4. The van der Waals surface area contributed by atoms with Crippen molar-refractivity contribution in [1.82, 2.24) is 0 Å². The topological polar surface area (TPSA) is 150 Å². The molecule has 1 aliphatic heterocycles. The van der Waals surface area contributed by atoms with Crippen LogP contribution in [0.5, 0.6) is 0 Å². The first-order valence-corrected chi connectivity index (χ1v) is 16.6. The number of rotatable bonds is 11. The molecule has 0 radical (unpaired) electrons. The van der Waals surface area contributed by atoms with Crippen LogP contribution in [0.3, 0.4) is 0 Å². The van der Waals surface area contributed by atoms with E-state index in [1.54, 1.807) is 90.0 Å². The Morgan fingerprint density at radius 3 is 1.55 bits per heavy atom. The van der Waals surface area contributed by atoms with Gasteiger partial charge in [-0.1, -0.05) is 30.3 Å². The van der Waals surface area contributed by atoms with Gasteiger partial charge in [0.2, 0.25) is 0 Å². The quantitative estimate of drug-likeness (QED) is 0.206. The highest BCUT2D eigenvalue weighted by molar-refractivity contribution is 5.78. The van der Waals surface area contributed by atoms with Crippen LogP contribution in [0.1, 0.15) is 102 Å². The van der Waals surface area contributed by atoms with Crippen LogP contribution in [-0.4, -0.2) is 73.3 Å². The maximum Gasteiger partial charge on any atom is 0.311 e. The van der Waals surface area contributed by atoms with E-state index in [4.69, 9.17) is 33.2 Å². The smallest absolute Gasteiger partial charge is 0.311 e. The maximum absolute atomic E-state index is 13.4. The van der Waals surface area contributed by atoms with E-state index in [9.17, 15) is 24.0 Å². The van der Waals surface area contributed by atoms with E-state index in [1.807, 2.05) is 30.3 Å². The second-order valence-corrected chi connectivity index (χ2v) is 16.5. The Kier molecular flexibility index (Phi) is 14.0. The number of hydrogen-bond acceptors (Lipinski definition) is 12. The Bertz CT molecular complexity index is 1290. The van der Waals surface area contributed by atoms with Crippen LogP contribution in [-0.2, 0) is 63.7 Å². The van der Waals surface area contributed by atoms with E-state index in [2.05, 4.69) is 0 Å². The van der Waals surface area contributed by atoms with Gasteiger partial charge < -0.3 is 33.2 Å². The fourth-order valence-electron chi connectivity index (χ4n) is 4.11. The van der Waals surface area contributed by atoms with Crippen molar-refractivity contribution >= 4 is 29.8 Å². The van der Waals surface area contributed by atoms with Crippen molar-refractivity contribution < 1.29 is 57.1 Å². The summed E-state index contributed by atoms with van der Waals surface area (Å²) in [5.41, 5.74) is -3.09. The molecule has 0 amide bonds. The maximum atomic E-state index is 13.4. The first kappa shape index (κ1) is 41.7. The third kappa shape index (κ3) is 13.0. The first-order chi connectivity index (χ1) is 22.3. The lowest BCUT2D eigenvalue weighted by Crippen LogP contribution is -2.64. The molecule has 1 aromatic rings. The predicted molar refractivity (Wildman–Crippen MR) is 178 cm³/mol. The monoisotopic (exact) mass is 692 g/mol. The standard InChI is InChI=1S/C37H56O12/c1-22(19-25(38)43-20-23-17-15-14-16-18-23)45-29-28(49-33(42)37(11,12)13)27(48-32(41)36(8,9)10)26(47-31(40)35(5,6)7)24(46-29)21-44-30(39)34(2,3)4/h14-18,22,24,26-29H,19-21H2,1-13H3/t22-,24+,26+,27-,28+,29+/m0/s1. The van der Waals surface area contributed by atoms with Gasteiger partial charge in [-0.25, -0.2) is 0 Å². The van der Waals surface area contributed by atoms with E-state index in [-0.39, 0.29) is 13.0 Å². The highest BCUT2D eigenvalue weighted by Gasteiger charge is 2.55. The number of carbonyl (C=O) groups is 5. The summed E-state index contributed by atoms with van der Waals surface area (Å²) in [5, 5.41) is 0. The molecule has 1 fully saturated rings. The van der Waals surface area contributed by atoms with Gasteiger partial charge in [-0.3, -0.25) is 24.0 Å². The van der Waals surface area contributed by atoms with Gasteiger partial charge in [-0.05, 0) is 95.6 Å². The van der Waals surface area contributed by atoms with Crippen LogP contribution >= 0.6 is 0 Å². The Morgan fingerprint density at radius 1 is 0.633 bits per heavy atom. The van der Waals surface area contributed by atoms with E-state index in [1.165, 1.54) is 0 Å². The molecule has 0 unspecified atom stereocenters. The van der Waals surface area contributed by atoms with Crippen LogP contribution in [0.4, 0.5) is 0 Å². The molecule has 1 heterocycles. The molecule has 0 aromatic heterocycles. The minimum Gasteiger partial charge on any atom is -0.462 e. The molecule has 6 atom stereocenters. The summed E-state index contributed by atoms with van der Waals surface area (Å²) in [6.07, 6.45) is -8.06. The summed E-state index contributed by atoms with van der Waals surface area (Å²) < 4.78 is 41.4. The predicted octanol–water partition coefficient (Wildman–Crippen LogP) is 5.71. The van der Waals surface area contributed by atoms with Crippen LogP contribution in [0.15, 0.2) is 30.3 Å². The SMILES string of the molecule is C[C@@H](CC(=O)OCc1ccccc1)O[C@@H]1O[C@H](COC(=O)C(C)(C)C)[C@@H](OC(=O)C(C)(C)C)[C@H](OC(=O)C(C)(C)C)[C@H]1OC(=O)C(C)(C)C. The molecule has 0 spiro atoms. The molecular weight excluding hydrogens is 636 g/mol. The molecule has 0 N–H and O–H groups in total. The normalized spacial score (nSPS) is 22.3. The Hall–Kier alpha value is -3.51. The highest BCUT2D eigenvalue weighted by Crippen LogP contribution is 2.35. The lowest BCUT2D eigenvalue weighted by molar-refractivity contribution is -0.319. The molecule has 2 rings (SSSR count). The third-order valence-corrected chi connectivity index (χ3v) is 7.21. The minimum absolute atomic E-state index is 0.0605. The zero-order chi connectivity index (χ0) is 37.5. The van der Waals surface area contributed by atoms with Crippen molar-refractivity contribution in [1.29, 1.82) is 0 Å². The molecule has 1 saturated heterocycles. The average molecular weight is 693 g/mol. The van der Waals surface area contributed by atoms with Crippen LogP contribution in [0.25, 0.3) is 0 Å². The van der Waals surface area contributed by atoms with Crippen molar-refractivity contribution in [3.63, 3.8) is 0 Å². The number of hydrogen-bond donors (Lipinski definition) is 0. The summed E-state index contributed by atoms with van der Waals surface area (Å²) in [7, 11) is 0. The molecule has 49 heavy (non-hydrogen) atoms. The van der Waals surface area contributed by atoms with Crippen molar-refractivity contribution in [2.75, 3.05) is 6.61 Å². The molecule has 0 aliphatic carbocycles. The van der Waals surface area contributed by atoms with E-state index in [0.717, 1.165) is 5.56 Å². The number of esters is 5. The van der Waals surface area contributed by atoms with Crippen LogP contribution in [0, 0.1) is 21.7 Å². The zero-order valence-electron chi connectivity index (χ0n) is 31.4. The lowest BCUT2D eigenvalue weighted by atomic mass is 9.93. The second kappa shape index (κ2) is 16.5. The van der Waals surface area contributed by atoms with Crippen molar-refractivity contribution in [2.24, 2.45) is 21.7 Å².